The van der Waals surface area contributed by atoms with Gasteiger partial charge in [0.25, 0.3) is 5.91 Å². The first-order valence-electron chi connectivity index (χ1n) is 5.89. The summed E-state index contributed by atoms with van der Waals surface area (Å²) in [5.41, 5.74) is -0.0337. The van der Waals surface area contributed by atoms with Gasteiger partial charge in [-0.2, -0.15) is 0 Å². The molecular formula is C13H16ClNO3. The molecule has 1 heterocycles. The molecule has 0 aliphatic carbocycles. The van der Waals surface area contributed by atoms with Crippen LogP contribution < -0.4 is 5.32 Å². The summed E-state index contributed by atoms with van der Waals surface area (Å²) in [6.45, 7) is 3.27. The van der Waals surface area contributed by atoms with Gasteiger partial charge in [-0.1, -0.05) is 11.6 Å². The van der Waals surface area contributed by atoms with Gasteiger partial charge in [-0.05, 0) is 38.0 Å². The maximum absolute atomic E-state index is 12.1. The SMILES string of the molecule is CC1(NC(=O)c2ccc(Cl)cc2O)CCOCC1. The van der Waals surface area contributed by atoms with Gasteiger partial charge in [0.2, 0.25) is 0 Å². The van der Waals surface area contributed by atoms with E-state index in [-0.39, 0.29) is 22.8 Å². The summed E-state index contributed by atoms with van der Waals surface area (Å²) in [6.07, 6.45) is 1.54. The van der Waals surface area contributed by atoms with Crippen molar-refractivity contribution in [2.75, 3.05) is 13.2 Å². The first-order chi connectivity index (χ1) is 8.50. The van der Waals surface area contributed by atoms with E-state index in [0.29, 0.717) is 18.2 Å². The van der Waals surface area contributed by atoms with E-state index in [9.17, 15) is 9.90 Å². The van der Waals surface area contributed by atoms with E-state index in [1.807, 2.05) is 6.92 Å². The molecule has 1 aliphatic rings. The van der Waals surface area contributed by atoms with Gasteiger partial charge in [-0.25, -0.2) is 0 Å². The van der Waals surface area contributed by atoms with Crippen LogP contribution >= 0.6 is 11.6 Å². The predicted octanol–water partition coefficient (Wildman–Crippen LogP) is 2.34. The second-order valence-corrected chi connectivity index (χ2v) is 5.23. The number of nitrogens with one attached hydrogen (secondary N) is 1. The molecule has 1 fully saturated rings. The molecule has 98 valence electrons. The number of hydrogen-bond acceptors (Lipinski definition) is 3. The van der Waals surface area contributed by atoms with Crippen LogP contribution in [0.5, 0.6) is 5.75 Å². The number of benzene rings is 1. The summed E-state index contributed by atoms with van der Waals surface area (Å²) in [5, 5.41) is 13.1. The number of phenolic OH excluding ortho intramolecular Hbond substituents is 1. The van der Waals surface area contributed by atoms with E-state index < -0.39 is 0 Å². The van der Waals surface area contributed by atoms with Gasteiger partial charge >= 0.3 is 0 Å². The Labute approximate surface area is 111 Å². The van der Waals surface area contributed by atoms with Crippen molar-refractivity contribution in [3.8, 4) is 5.75 Å². The Morgan fingerprint density at radius 1 is 1.44 bits per heavy atom. The van der Waals surface area contributed by atoms with E-state index in [1.54, 1.807) is 6.07 Å². The molecule has 2 rings (SSSR count). The number of carbonyl (C=O) groups excluding carboxylic acids is 1. The van der Waals surface area contributed by atoms with Crippen LogP contribution in [0.25, 0.3) is 0 Å². The average molecular weight is 270 g/mol. The van der Waals surface area contributed by atoms with Crippen LogP contribution in [0, 0.1) is 0 Å². The van der Waals surface area contributed by atoms with Gasteiger partial charge in [0.1, 0.15) is 5.75 Å². The maximum atomic E-state index is 12.1. The van der Waals surface area contributed by atoms with Crippen molar-refractivity contribution in [2.45, 2.75) is 25.3 Å². The Morgan fingerprint density at radius 2 is 2.11 bits per heavy atom. The van der Waals surface area contributed by atoms with Crippen molar-refractivity contribution in [1.29, 1.82) is 0 Å². The van der Waals surface area contributed by atoms with Gasteiger partial charge in [0.15, 0.2) is 0 Å². The van der Waals surface area contributed by atoms with Gasteiger partial charge < -0.3 is 15.2 Å². The van der Waals surface area contributed by atoms with Crippen molar-refractivity contribution in [3.63, 3.8) is 0 Å². The van der Waals surface area contributed by atoms with E-state index in [0.717, 1.165) is 12.8 Å². The summed E-state index contributed by atoms with van der Waals surface area (Å²) in [5.74, 6) is -0.385. The number of carbonyl (C=O) groups is 1. The first-order valence-corrected chi connectivity index (χ1v) is 6.27. The molecule has 0 unspecified atom stereocenters. The van der Waals surface area contributed by atoms with Gasteiger partial charge in [-0.15, -0.1) is 0 Å². The van der Waals surface area contributed by atoms with E-state index in [1.165, 1.54) is 12.1 Å². The number of hydrogen-bond donors (Lipinski definition) is 2. The number of ether oxygens (including phenoxy) is 1. The normalized spacial score (nSPS) is 18.3. The zero-order valence-corrected chi connectivity index (χ0v) is 11.0. The van der Waals surface area contributed by atoms with Crippen LogP contribution in [0.1, 0.15) is 30.1 Å². The van der Waals surface area contributed by atoms with Crippen LogP contribution in [0.3, 0.4) is 0 Å². The van der Waals surface area contributed by atoms with E-state index in [4.69, 9.17) is 16.3 Å². The molecule has 1 aromatic carbocycles. The summed E-state index contributed by atoms with van der Waals surface area (Å²) in [6, 6.07) is 4.47. The van der Waals surface area contributed by atoms with Crippen molar-refractivity contribution < 1.29 is 14.6 Å². The number of halogens is 1. The molecule has 0 bridgehead atoms. The smallest absolute Gasteiger partial charge is 0.255 e. The molecule has 0 spiro atoms. The molecule has 1 aliphatic heterocycles. The second kappa shape index (κ2) is 5.16. The minimum absolute atomic E-state index is 0.101. The van der Waals surface area contributed by atoms with Crippen LogP contribution in [0.2, 0.25) is 5.02 Å². The van der Waals surface area contributed by atoms with E-state index in [2.05, 4.69) is 5.32 Å². The zero-order chi connectivity index (χ0) is 13.2. The van der Waals surface area contributed by atoms with Crippen LogP contribution in [-0.2, 0) is 4.74 Å². The van der Waals surface area contributed by atoms with Gasteiger partial charge in [0.05, 0.1) is 5.56 Å². The molecule has 0 radical (unpaired) electrons. The number of phenols is 1. The highest BCUT2D eigenvalue weighted by Gasteiger charge is 2.29. The lowest BCUT2D eigenvalue weighted by Gasteiger charge is -2.34. The fraction of sp³-hybridized carbons (Fsp3) is 0.462. The summed E-state index contributed by atoms with van der Waals surface area (Å²) < 4.78 is 5.27. The molecule has 4 nitrogen and oxygen atoms in total. The molecule has 18 heavy (non-hydrogen) atoms. The molecular weight excluding hydrogens is 254 g/mol. The lowest BCUT2D eigenvalue weighted by molar-refractivity contribution is 0.0422. The molecule has 5 heteroatoms. The van der Waals surface area contributed by atoms with Crippen molar-refractivity contribution in [1.82, 2.24) is 5.32 Å². The third-order valence-corrected chi connectivity index (χ3v) is 3.45. The highest BCUT2D eigenvalue weighted by atomic mass is 35.5. The second-order valence-electron chi connectivity index (χ2n) is 4.79. The topological polar surface area (TPSA) is 58.6 Å². The predicted molar refractivity (Wildman–Crippen MR) is 69.0 cm³/mol. The number of rotatable bonds is 2. The lowest BCUT2D eigenvalue weighted by Crippen LogP contribution is -2.49. The minimum atomic E-state index is -0.284. The largest absolute Gasteiger partial charge is 0.507 e. The maximum Gasteiger partial charge on any atom is 0.255 e. The average Bonchev–Trinajstić information content (AvgIpc) is 2.28. The Balaban J connectivity index is 2.11. The van der Waals surface area contributed by atoms with Crippen molar-refractivity contribution in [3.05, 3.63) is 28.8 Å². The highest BCUT2D eigenvalue weighted by Crippen LogP contribution is 2.24. The number of amides is 1. The Kier molecular flexibility index (Phi) is 3.78. The van der Waals surface area contributed by atoms with Gasteiger partial charge in [-0.3, -0.25) is 4.79 Å². The van der Waals surface area contributed by atoms with E-state index >= 15 is 0 Å². The third kappa shape index (κ3) is 2.94. The highest BCUT2D eigenvalue weighted by molar-refractivity contribution is 6.30. The quantitative estimate of drug-likeness (QED) is 0.866. The standard InChI is InChI=1S/C13H16ClNO3/c1-13(4-6-18-7-5-13)15-12(17)10-3-2-9(14)8-11(10)16/h2-3,8,16H,4-7H2,1H3,(H,15,17). The molecule has 0 aromatic heterocycles. The summed E-state index contributed by atoms with van der Waals surface area (Å²) in [4.78, 5) is 12.1. The molecule has 1 amide bonds. The molecule has 1 saturated heterocycles. The fourth-order valence-electron chi connectivity index (χ4n) is 1.99. The van der Waals surface area contributed by atoms with Gasteiger partial charge in [0, 0.05) is 23.8 Å². The van der Waals surface area contributed by atoms with Crippen molar-refractivity contribution in [2.24, 2.45) is 0 Å². The Bertz CT molecular complexity index is 456. The van der Waals surface area contributed by atoms with Crippen molar-refractivity contribution >= 4 is 17.5 Å². The Hall–Kier alpha value is -1.26. The van der Waals surface area contributed by atoms with Crippen LogP contribution in [0.4, 0.5) is 0 Å². The summed E-state index contributed by atoms with van der Waals surface area (Å²) in [7, 11) is 0. The zero-order valence-electron chi connectivity index (χ0n) is 10.2. The molecule has 2 N–H and O–H groups in total. The monoisotopic (exact) mass is 269 g/mol. The van der Waals surface area contributed by atoms with Crippen LogP contribution in [0.15, 0.2) is 18.2 Å². The summed E-state index contributed by atoms with van der Waals surface area (Å²) >= 11 is 5.73. The first kappa shape index (κ1) is 13.2. The molecule has 0 saturated carbocycles. The minimum Gasteiger partial charge on any atom is -0.507 e. The number of aromatic hydroxyl groups is 1. The Morgan fingerprint density at radius 3 is 2.72 bits per heavy atom. The molecule has 0 atom stereocenters. The lowest BCUT2D eigenvalue weighted by atomic mass is 9.92. The molecule has 1 aromatic rings. The fourth-order valence-corrected chi connectivity index (χ4v) is 2.15. The van der Waals surface area contributed by atoms with Crippen LogP contribution in [-0.4, -0.2) is 29.8 Å². The third-order valence-electron chi connectivity index (χ3n) is 3.22.